The van der Waals surface area contributed by atoms with Gasteiger partial charge in [0, 0.05) is 10.6 Å². The van der Waals surface area contributed by atoms with E-state index in [0.29, 0.717) is 16.7 Å². The lowest BCUT2D eigenvalue weighted by atomic mass is 10.1. The molecule has 4 nitrogen and oxygen atoms in total. The molecule has 0 saturated heterocycles. The van der Waals surface area contributed by atoms with Crippen molar-refractivity contribution in [2.75, 3.05) is 0 Å². The smallest absolute Gasteiger partial charge is 0.258 e. The average Bonchev–Trinajstić information content (AvgIpc) is 2.81. The van der Waals surface area contributed by atoms with Crippen LogP contribution in [0.2, 0.25) is 5.02 Å². The highest BCUT2D eigenvalue weighted by Crippen LogP contribution is 2.25. The van der Waals surface area contributed by atoms with Crippen LogP contribution in [0.3, 0.4) is 0 Å². The fourth-order valence-electron chi connectivity index (χ4n) is 1.51. The molecule has 1 unspecified atom stereocenters. The summed E-state index contributed by atoms with van der Waals surface area (Å²) in [6, 6.07) is 5.42. The van der Waals surface area contributed by atoms with E-state index < -0.39 is 0 Å². The van der Waals surface area contributed by atoms with E-state index in [1.165, 1.54) is 0 Å². The van der Waals surface area contributed by atoms with E-state index >= 15 is 0 Å². The van der Waals surface area contributed by atoms with Gasteiger partial charge in [-0.05, 0) is 30.5 Å². The first kappa shape index (κ1) is 13.1. The molecule has 1 aromatic heterocycles. The number of halogens is 1. The number of aryl methyl sites for hydroxylation is 1. The normalized spacial score (nSPS) is 13.0. The van der Waals surface area contributed by atoms with Crippen molar-refractivity contribution in [1.82, 2.24) is 10.1 Å². The Labute approximate surface area is 111 Å². The standard InChI is InChI=1S/C13H16ClN3O/c1-7(2)11(15)12-16-13(18-17-12)9-5-4-8(3)10(14)6-9/h4-7,11H,15H2,1-3H3. The Kier molecular flexibility index (Phi) is 3.68. The molecule has 0 aliphatic rings. The maximum Gasteiger partial charge on any atom is 0.258 e. The fraction of sp³-hybridized carbons (Fsp3) is 0.385. The lowest BCUT2D eigenvalue weighted by molar-refractivity contribution is 0.400. The van der Waals surface area contributed by atoms with Crippen molar-refractivity contribution in [3.63, 3.8) is 0 Å². The monoisotopic (exact) mass is 265 g/mol. The molecule has 96 valence electrons. The molecule has 1 aromatic carbocycles. The number of nitrogens with zero attached hydrogens (tertiary/aromatic N) is 2. The van der Waals surface area contributed by atoms with Crippen LogP contribution < -0.4 is 5.73 Å². The lowest BCUT2D eigenvalue weighted by Gasteiger charge is -2.09. The first-order valence-electron chi connectivity index (χ1n) is 5.84. The Morgan fingerprint density at radius 1 is 1.33 bits per heavy atom. The van der Waals surface area contributed by atoms with Gasteiger partial charge >= 0.3 is 0 Å². The van der Waals surface area contributed by atoms with Crippen molar-refractivity contribution in [2.24, 2.45) is 11.7 Å². The summed E-state index contributed by atoms with van der Waals surface area (Å²) in [4.78, 5) is 4.31. The van der Waals surface area contributed by atoms with E-state index in [2.05, 4.69) is 10.1 Å². The second-order valence-electron chi connectivity index (χ2n) is 4.69. The van der Waals surface area contributed by atoms with Crippen LogP contribution in [0.4, 0.5) is 0 Å². The van der Waals surface area contributed by atoms with Crippen molar-refractivity contribution in [2.45, 2.75) is 26.8 Å². The number of hydrogen-bond acceptors (Lipinski definition) is 4. The molecule has 2 aromatic rings. The van der Waals surface area contributed by atoms with Gasteiger partial charge in [0.1, 0.15) is 0 Å². The Hall–Kier alpha value is -1.39. The molecule has 0 saturated carbocycles. The summed E-state index contributed by atoms with van der Waals surface area (Å²) in [6.07, 6.45) is 0. The van der Waals surface area contributed by atoms with Gasteiger partial charge in [-0.3, -0.25) is 0 Å². The zero-order valence-electron chi connectivity index (χ0n) is 10.6. The third kappa shape index (κ3) is 2.54. The van der Waals surface area contributed by atoms with E-state index in [4.69, 9.17) is 21.9 Å². The third-order valence-corrected chi connectivity index (χ3v) is 3.28. The van der Waals surface area contributed by atoms with Crippen molar-refractivity contribution in [3.8, 4) is 11.5 Å². The van der Waals surface area contributed by atoms with Crippen molar-refractivity contribution in [1.29, 1.82) is 0 Å². The van der Waals surface area contributed by atoms with Crippen LogP contribution in [0.5, 0.6) is 0 Å². The molecule has 18 heavy (non-hydrogen) atoms. The van der Waals surface area contributed by atoms with E-state index in [-0.39, 0.29) is 12.0 Å². The first-order chi connectivity index (χ1) is 8.49. The first-order valence-corrected chi connectivity index (χ1v) is 6.22. The highest BCUT2D eigenvalue weighted by molar-refractivity contribution is 6.31. The van der Waals surface area contributed by atoms with Crippen LogP contribution in [0, 0.1) is 12.8 Å². The molecule has 1 heterocycles. The molecular weight excluding hydrogens is 250 g/mol. The number of hydrogen-bond donors (Lipinski definition) is 1. The summed E-state index contributed by atoms with van der Waals surface area (Å²) in [7, 11) is 0. The molecule has 0 radical (unpaired) electrons. The van der Waals surface area contributed by atoms with Gasteiger partial charge in [0.2, 0.25) is 0 Å². The summed E-state index contributed by atoms with van der Waals surface area (Å²) < 4.78 is 5.22. The molecule has 0 spiro atoms. The fourth-order valence-corrected chi connectivity index (χ4v) is 1.69. The molecule has 1 atom stereocenters. The van der Waals surface area contributed by atoms with Gasteiger partial charge < -0.3 is 10.3 Å². The predicted octanol–water partition coefficient (Wildman–Crippen LogP) is 3.35. The summed E-state index contributed by atoms with van der Waals surface area (Å²) in [5.41, 5.74) is 7.79. The Balaban J connectivity index is 2.32. The zero-order chi connectivity index (χ0) is 13.3. The summed E-state index contributed by atoms with van der Waals surface area (Å²) in [5.74, 6) is 1.23. The van der Waals surface area contributed by atoms with E-state index in [1.54, 1.807) is 0 Å². The number of rotatable bonds is 3. The Bertz CT molecular complexity index is 551. The van der Waals surface area contributed by atoms with Gasteiger partial charge in [-0.25, -0.2) is 0 Å². The summed E-state index contributed by atoms with van der Waals surface area (Å²) in [6.45, 7) is 5.98. The molecule has 0 aliphatic heterocycles. The van der Waals surface area contributed by atoms with Crippen LogP contribution in [0.1, 0.15) is 31.3 Å². The molecule has 0 bridgehead atoms. The van der Waals surface area contributed by atoms with Gasteiger partial charge in [0.25, 0.3) is 5.89 Å². The maximum atomic E-state index is 6.07. The molecule has 2 rings (SSSR count). The van der Waals surface area contributed by atoms with Gasteiger partial charge in [0.15, 0.2) is 5.82 Å². The maximum absolute atomic E-state index is 6.07. The molecule has 5 heteroatoms. The molecule has 0 amide bonds. The van der Waals surface area contributed by atoms with Crippen molar-refractivity contribution in [3.05, 3.63) is 34.6 Å². The van der Waals surface area contributed by atoms with E-state index in [0.717, 1.165) is 11.1 Å². The minimum absolute atomic E-state index is 0.219. The minimum atomic E-state index is -0.219. The quantitative estimate of drug-likeness (QED) is 0.924. The van der Waals surface area contributed by atoms with E-state index in [1.807, 2.05) is 39.0 Å². The van der Waals surface area contributed by atoms with Gasteiger partial charge in [-0.2, -0.15) is 4.98 Å². The summed E-state index contributed by atoms with van der Waals surface area (Å²) in [5, 5.41) is 4.59. The summed E-state index contributed by atoms with van der Waals surface area (Å²) >= 11 is 6.07. The highest BCUT2D eigenvalue weighted by Gasteiger charge is 2.18. The number of nitrogens with two attached hydrogens (primary N) is 1. The van der Waals surface area contributed by atoms with Crippen LogP contribution in [-0.4, -0.2) is 10.1 Å². The largest absolute Gasteiger partial charge is 0.334 e. The minimum Gasteiger partial charge on any atom is -0.334 e. The van der Waals surface area contributed by atoms with Crippen molar-refractivity contribution >= 4 is 11.6 Å². The van der Waals surface area contributed by atoms with E-state index in [9.17, 15) is 0 Å². The van der Waals surface area contributed by atoms with Crippen molar-refractivity contribution < 1.29 is 4.52 Å². The molecule has 0 aliphatic carbocycles. The second kappa shape index (κ2) is 5.08. The second-order valence-corrected chi connectivity index (χ2v) is 5.10. The van der Waals surface area contributed by atoms with Gasteiger partial charge in [0.05, 0.1) is 6.04 Å². The lowest BCUT2D eigenvalue weighted by Crippen LogP contribution is -2.18. The van der Waals surface area contributed by atoms with Crippen LogP contribution in [0.25, 0.3) is 11.5 Å². The zero-order valence-corrected chi connectivity index (χ0v) is 11.4. The predicted molar refractivity (Wildman–Crippen MR) is 71.2 cm³/mol. The topological polar surface area (TPSA) is 64.9 Å². The molecular formula is C13H16ClN3O. The van der Waals surface area contributed by atoms with Crippen LogP contribution >= 0.6 is 11.6 Å². The Morgan fingerprint density at radius 3 is 2.67 bits per heavy atom. The average molecular weight is 266 g/mol. The third-order valence-electron chi connectivity index (χ3n) is 2.88. The van der Waals surface area contributed by atoms with Gasteiger partial charge in [-0.1, -0.05) is 36.7 Å². The van der Waals surface area contributed by atoms with Crippen LogP contribution in [0.15, 0.2) is 22.7 Å². The number of aromatic nitrogens is 2. The van der Waals surface area contributed by atoms with Crippen LogP contribution in [-0.2, 0) is 0 Å². The number of benzene rings is 1. The molecule has 2 N–H and O–H groups in total. The SMILES string of the molecule is Cc1ccc(-c2nc(C(N)C(C)C)no2)cc1Cl. The Morgan fingerprint density at radius 2 is 2.06 bits per heavy atom. The highest BCUT2D eigenvalue weighted by atomic mass is 35.5. The van der Waals surface area contributed by atoms with Gasteiger partial charge in [-0.15, -0.1) is 0 Å². The molecule has 0 fully saturated rings.